The maximum Gasteiger partial charge on any atom is 0.261 e. The van der Waals surface area contributed by atoms with Crippen LogP contribution in [0.5, 0.6) is 0 Å². The SMILES string of the molecule is CC(C)(CO)CNCCOCC(F)F. The fourth-order valence-corrected chi connectivity index (χ4v) is 0.799. The van der Waals surface area contributed by atoms with Crippen LogP contribution in [-0.4, -0.2) is 44.4 Å². The minimum atomic E-state index is -2.40. The second kappa shape index (κ2) is 7.09. The molecule has 0 unspecified atom stereocenters. The Kier molecular flexibility index (Phi) is 6.96. The standard InChI is InChI=1S/C9H19F2NO2/c1-9(2,7-13)6-12-3-4-14-5-8(10)11/h8,12-13H,3-7H2,1-2H3. The number of hydrogen-bond donors (Lipinski definition) is 2. The van der Waals surface area contributed by atoms with E-state index in [9.17, 15) is 8.78 Å². The Bertz CT molecular complexity index is 143. The van der Waals surface area contributed by atoms with E-state index in [1.54, 1.807) is 0 Å². The van der Waals surface area contributed by atoms with Crippen molar-refractivity contribution < 1.29 is 18.6 Å². The van der Waals surface area contributed by atoms with Gasteiger partial charge in [-0.3, -0.25) is 0 Å². The molecule has 0 heterocycles. The zero-order valence-corrected chi connectivity index (χ0v) is 8.72. The normalized spacial score (nSPS) is 12.4. The van der Waals surface area contributed by atoms with Crippen LogP contribution in [0.1, 0.15) is 13.8 Å². The summed E-state index contributed by atoms with van der Waals surface area (Å²) in [5, 5.41) is 11.9. The summed E-state index contributed by atoms with van der Waals surface area (Å²) in [6, 6.07) is 0. The lowest BCUT2D eigenvalue weighted by molar-refractivity contribution is 0.0180. The Morgan fingerprint density at radius 2 is 2.07 bits per heavy atom. The molecule has 2 N–H and O–H groups in total. The Labute approximate surface area is 83.4 Å². The van der Waals surface area contributed by atoms with Gasteiger partial charge in [0.05, 0.1) is 6.61 Å². The molecular formula is C9H19F2NO2. The van der Waals surface area contributed by atoms with Crippen molar-refractivity contribution in [1.29, 1.82) is 0 Å². The van der Waals surface area contributed by atoms with Crippen LogP contribution in [0, 0.1) is 5.41 Å². The average molecular weight is 211 g/mol. The molecule has 0 aromatic carbocycles. The summed E-state index contributed by atoms with van der Waals surface area (Å²) in [4.78, 5) is 0. The summed E-state index contributed by atoms with van der Waals surface area (Å²) in [6.07, 6.45) is -2.40. The van der Waals surface area contributed by atoms with Gasteiger partial charge in [0.1, 0.15) is 6.61 Å². The second-order valence-corrected chi connectivity index (χ2v) is 3.97. The highest BCUT2D eigenvalue weighted by molar-refractivity contribution is 4.69. The van der Waals surface area contributed by atoms with Gasteiger partial charge in [0.25, 0.3) is 6.43 Å². The van der Waals surface area contributed by atoms with Crippen molar-refractivity contribution in [2.75, 3.05) is 32.9 Å². The van der Waals surface area contributed by atoms with Gasteiger partial charge in [-0.15, -0.1) is 0 Å². The Morgan fingerprint density at radius 1 is 1.43 bits per heavy atom. The monoisotopic (exact) mass is 211 g/mol. The maximum absolute atomic E-state index is 11.6. The summed E-state index contributed by atoms with van der Waals surface area (Å²) in [5.41, 5.74) is -0.178. The molecule has 0 aliphatic carbocycles. The van der Waals surface area contributed by atoms with Crippen molar-refractivity contribution >= 4 is 0 Å². The smallest absolute Gasteiger partial charge is 0.261 e. The van der Waals surface area contributed by atoms with Crippen LogP contribution in [0.25, 0.3) is 0 Å². The predicted octanol–water partition coefficient (Wildman–Crippen LogP) is 0.876. The molecule has 0 saturated carbocycles. The number of alkyl halides is 2. The van der Waals surface area contributed by atoms with E-state index in [-0.39, 0.29) is 18.6 Å². The Balaban J connectivity index is 3.21. The summed E-state index contributed by atoms with van der Waals surface area (Å²) >= 11 is 0. The van der Waals surface area contributed by atoms with Crippen molar-refractivity contribution in [3.63, 3.8) is 0 Å². The van der Waals surface area contributed by atoms with Crippen LogP contribution >= 0.6 is 0 Å². The number of rotatable bonds is 8. The highest BCUT2D eigenvalue weighted by Crippen LogP contribution is 2.10. The van der Waals surface area contributed by atoms with Crippen molar-refractivity contribution in [3.05, 3.63) is 0 Å². The molecule has 0 aliphatic rings. The topological polar surface area (TPSA) is 41.5 Å². The first-order valence-electron chi connectivity index (χ1n) is 4.65. The molecule has 0 spiro atoms. The number of halogens is 2. The number of nitrogens with one attached hydrogen (secondary N) is 1. The quantitative estimate of drug-likeness (QED) is 0.585. The van der Waals surface area contributed by atoms with Gasteiger partial charge in [-0.2, -0.15) is 0 Å². The van der Waals surface area contributed by atoms with Gasteiger partial charge in [-0.25, -0.2) is 8.78 Å². The van der Waals surface area contributed by atoms with Gasteiger partial charge in [0, 0.05) is 25.1 Å². The molecule has 0 amide bonds. The van der Waals surface area contributed by atoms with Crippen molar-refractivity contribution in [1.82, 2.24) is 5.32 Å². The van der Waals surface area contributed by atoms with Gasteiger partial charge < -0.3 is 15.2 Å². The minimum absolute atomic E-state index is 0.0951. The molecule has 0 rings (SSSR count). The molecular weight excluding hydrogens is 192 g/mol. The summed E-state index contributed by atoms with van der Waals surface area (Å²) in [6.45, 7) is 4.85. The lowest BCUT2D eigenvalue weighted by atomic mass is 9.95. The average Bonchev–Trinajstić information content (AvgIpc) is 2.10. The van der Waals surface area contributed by atoms with E-state index in [2.05, 4.69) is 10.1 Å². The fourth-order valence-electron chi connectivity index (χ4n) is 0.799. The zero-order chi connectivity index (χ0) is 11.0. The van der Waals surface area contributed by atoms with Gasteiger partial charge in [0.15, 0.2) is 0 Å². The van der Waals surface area contributed by atoms with Gasteiger partial charge in [0.2, 0.25) is 0 Å². The van der Waals surface area contributed by atoms with E-state index < -0.39 is 13.0 Å². The molecule has 0 saturated heterocycles. The molecule has 5 heteroatoms. The van der Waals surface area contributed by atoms with Crippen molar-refractivity contribution in [2.45, 2.75) is 20.3 Å². The van der Waals surface area contributed by atoms with Crippen LogP contribution in [0.2, 0.25) is 0 Å². The fraction of sp³-hybridized carbons (Fsp3) is 1.00. The lowest BCUT2D eigenvalue weighted by Gasteiger charge is -2.21. The second-order valence-electron chi connectivity index (χ2n) is 3.97. The largest absolute Gasteiger partial charge is 0.396 e. The Morgan fingerprint density at radius 3 is 2.57 bits per heavy atom. The van der Waals surface area contributed by atoms with Crippen LogP contribution in [0.4, 0.5) is 8.78 Å². The van der Waals surface area contributed by atoms with E-state index in [1.165, 1.54) is 0 Å². The first-order valence-corrected chi connectivity index (χ1v) is 4.65. The van der Waals surface area contributed by atoms with Crippen LogP contribution < -0.4 is 5.32 Å². The van der Waals surface area contributed by atoms with E-state index in [4.69, 9.17) is 5.11 Å². The molecule has 3 nitrogen and oxygen atoms in total. The van der Waals surface area contributed by atoms with E-state index in [0.29, 0.717) is 13.1 Å². The molecule has 0 aromatic heterocycles. The number of ether oxygens (including phenoxy) is 1. The van der Waals surface area contributed by atoms with Gasteiger partial charge >= 0.3 is 0 Å². The molecule has 0 atom stereocenters. The molecule has 86 valence electrons. The summed E-state index contributed by atoms with van der Waals surface area (Å²) in [5.74, 6) is 0. The summed E-state index contributed by atoms with van der Waals surface area (Å²) in [7, 11) is 0. The third kappa shape index (κ3) is 8.34. The highest BCUT2D eigenvalue weighted by atomic mass is 19.3. The third-order valence-electron chi connectivity index (χ3n) is 1.70. The summed E-state index contributed by atoms with van der Waals surface area (Å²) < 4.78 is 27.9. The van der Waals surface area contributed by atoms with Crippen LogP contribution in [0.3, 0.4) is 0 Å². The lowest BCUT2D eigenvalue weighted by Crippen LogP contribution is -2.34. The predicted molar refractivity (Wildman–Crippen MR) is 50.6 cm³/mol. The van der Waals surface area contributed by atoms with Gasteiger partial charge in [-0.1, -0.05) is 13.8 Å². The van der Waals surface area contributed by atoms with E-state index in [0.717, 1.165) is 0 Å². The van der Waals surface area contributed by atoms with Crippen LogP contribution in [-0.2, 0) is 4.74 Å². The minimum Gasteiger partial charge on any atom is -0.396 e. The van der Waals surface area contributed by atoms with E-state index >= 15 is 0 Å². The van der Waals surface area contributed by atoms with Crippen molar-refractivity contribution in [3.8, 4) is 0 Å². The van der Waals surface area contributed by atoms with E-state index in [1.807, 2.05) is 13.8 Å². The zero-order valence-electron chi connectivity index (χ0n) is 8.72. The first-order chi connectivity index (χ1) is 6.48. The van der Waals surface area contributed by atoms with Crippen LogP contribution in [0.15, 0.2) is 0 Å². The number of hydrogen-bond acceptors (Lipinski definition) is 3. The maximum atomic E-state index is 11.6. The number of aliphatic hydroxyl groups excluding tert-OH is 1. The molecule has 0 fully saturated rings. The molecule has 0 radical (unpaired) electrons. The number of aliphatic hydroxyl groups is 1. The molecule has 0 aliphatic heterocycles. The molecule has 0 aromatic rings. The van der Waals surface area contributed by atoms with Crippen molar-refractivity contribution in [2.24, 2.45) is 5.41 Å². The molecule has 14 heavy (non-hydrogen) atoms. The van der Waals surface area contributed by atoms with Gasteiger partial charge in [-0.05, 0) is 0 Å². The highest BCUT2D eigenvalue weighted by Gasteiger charge is 2.14. The first kappa shape index (κ1) is 13.7. The Hall–Kier alpha value is -0.260. The third-order valence-corrected chi connectivity index (χ3v) is 1.70. The molecule has 0 bridgehead atoms.